The smallest absolute Gasteiger partial charge is 0.165 e. The number of pyridine rings is 1. The van der Waals surface area contributed by atoms with Gasteiger partial charge in [0.25, 0.3) is 0 Å². The molecule has 3 aromatic rings. The van der Waals surface area contributed by atoms with Crippen LogP contribution in [-0.2, 0) is 6.54 Å². The van der Waals surface area contributed by atoms with Crippen molar-refractivity contribution in [1.29, 1.82) is 0 Å². The fourth-order valence-electron chi connectivity index (χ4n) is 2.20. The van der Waals surface area contributed by atoms with Crippen LogP contribution < -0.4 is 10.1 Å². The molecule has 1 aromatic heterocycles. The van der Waals surface area contributed by atoms with E-state index in [-0.39, 0.29) is 11.6 Å². The second kappa shape index (κ2) is 5.89. The number of para-hydroxylation sites is 2. The predicted octanol–water partition coefficient (Wildman–Crippen LogP) is 3.89. The van der Waals surface area contributed by atoms with Gasteiger partial charge >= 0.3 is 0 Å². The van der Waals surface area contributed by atoms with Gasteiger partial charge in [0.05, 0.1) is 11.2 Å². The molecule has 0 aliphatic rings. The maximum absolute atomic E-state index is 13.8. The number of fused-ring (bicyclic) bond motifs is 1. The zero-order valence-electron chi connectivity index (χ0n) is 11.6. The molecular weight excluding hydrogens is 267 g/mol. The molecule has 1 heterocycles. The van der Waals surface area contributed by atoms with Crippen LogP contribution in [0, 0.1) is 5.82 Å². The van der Waals surface area contributed by atoms with Crippen molar-refractivity contribution in [1.82, 2.24) is 10.3 Å². The molecule has 0 bridgehead atoms. The van der Waals surface area contributed by atoms with Crippen LogP contribution in [0.4, 0.5) is 4.39 Å². The molecule has 4 heteroatoms. The number of ether oxygens (including phenoxy) is 1. The molecule has 0 saturated carbocycles. The van der Waals surface area contributed by atoms with E-state index in [1.54, 1.807) is 18.2 Å². The fraction of sp³-hybridized carbons (Fsp3) is 0.118. The summed E-state index contributed by atoms with van der Waals surface area (Å²) < 4.78 is 19.5. The van der Waals surface area contributed by atoms with Gasteiger partial charge in [0.15, 0.2) is 11.6 Å². The normalized spacial score (nSPS) is 10.8. The molecule has 0 fully saturated rings. The third-order valence-electron chi connectivity index (χ3n) is 3.15. The van der Waals surface area contributed by atoms with Crippen LogP contribution in [0.5, 0.6) is 11.5 Å². The van der Waals surface area contributed by atoms with Crippen LogP contribution in [0.2, 0.25) is 0 Å². The van der Waals surface area contributed by atoms with E-state index in [0.29, 0.717) is 12.3 Å². The van der Waals surface area contributed by atoms with Gasteiger partial charge in [-0.1, -0.05) is 24.3 Å². The summed E-state index contributed by atoms with van der Waals surface area (Å²) in [7, 11) is 1.86. The molecule has 0 radical (unpaired) electrons. The van der Waals surface area contributed by atoms with Gasteiger partial charge in [-0.25, -0.2) is 4.39 Å². The number of rotatable bonds is 4. The predicted molar refractivity (Wildman–Crippen MR) is 81.0 cm³/mol. The van der Waals surface area contributed by atoms with E-state index < -0.39 is 0 Å². The van der Waals surface area contributed by atoms with E-state index >= 15 is 0 Å². The van der Waals surface area contributed by atoms with Crippen molar-refractivity contribution in [2.45, 2.75) is 6.54 Å². The Labute approximate surface area is 122 Å². The van der Waals surface area contributed by atoms with E-state index in [1.165, 1.54) is 6.07 Å². The summed E-state index contributed by atoms with van der Waals surface area (Å²) >= 11 is 0. The lowest BCUT2D eigenvalue weighted by Crippen LogP contribution is -2.07. The SMILES string of the molecule is CNCc1cc(Oc2ccccc2F)c2ccccc2n1. The Morgan fingerprint density at radius 1 is 1.05 bits per heavy atom. The molecule has 3 rings (SSSR count). The Bertz CT molecular complexity index is 774. The molecular formula is C17H15FN2O. The third kappa shape index (κ3) is 2.85. The molecule has 0 saturated heterocycles. The number of aromatic nitrogens is 1. The fourth-order valence-corrected chi connectivity index (χ4v) is 2.20. The van der Waals surface area contributed by atoms with Gasteiger partial charge in [-0.2, -0.15) is 0 Å². The van der Waals surface area contributed by atoms with Crippen molar-refractivity contribution in [2.24, 2.45) is 0 Å². The minimum Gasteiger partial charge on any atom is -0.454 e. The van der Waals surface area contributed by atoms with E-state index in [0.717, 1.165) is 16.6 Å². The van der Waals surface area contributed by atoms with Crippen molar-refractivity contribution in [3.8, 4) is 11.5 Å². The van der Waals surface area contributed by atoms with Crippen molar-refractivity contribution >= 4 is 10.9 Å². The molecule has 0 aliphatic heterocycles. The molecule has 0 amide bonds. The van der Waals surface area contributed by atoms with Gasteiger partial charge in [-0.3, -0.25) is 4.98 Å². The van der Waals surface area contributed by atoms with Gasteiger partial charge in [-0.15, -0.1) is 0 Å². The topological polar surface area (TPSA) is 34.1 Å². The Balaban J connectivity index is 2.09. The van der Waals surface area contributed by atoms with Gasteiger partial charge in [0.1, 0.15) is 5.75 Å². The van der Waals surface area contributed by atoms with Gasteiger partial charge in [-0.05, 0) is 31.3 Å². The number of halogens is 1. The molecule has 0 atom stereocenters. The highest BCUT2D eigenvalue weighted by atomic mass is 19.1. The van der Waals surface area contributed by atoms with Gasteiger partial charge in [0, 0.05) is 18.0 Å². The largest absolute Gasteiger partial charge is 0.454 e. The van der Waals surface area contributed by atoms with E-state index in [4.69, 9.17) is 4.74 Å². The molecule has 0 spiro atoms. The standard InChI is InChI=1S/C17H15FN2O/c1-19-11-12-10-17(13-6-2-4-8-15(13)20-12)21-16-9-5-3-7-14(16)18/h2-10,19H,11H2,1H3. The zero-order chi connectivity index (χ0) is 14.7. The lowest BCUT2D eigenvalue weighted by molar-refractivity contribution is 0.445. The summed E-state index contributed by atoms with van der Waals surface area (Å²) in [5.41, 5.74) is 1.68. The van der Waals surface area contributed by atoms with E-state index in [1.807, 2.05) is 37.4 Å². The Morgan fingerprint density at radius 2 is 1.81 bits per heavy atom. The maximum Gasteiger partial charge on any atom is 0.165 e. The van der Waals surface area contributed by atoms with Crippen LogP contribution in [0.3, 0.4) is 0 Å². The first kappa shape index (κ1) is 13.5. The minimum absolute atomic E-state index is 0.212. The molecule has 1 N–H and O–H groups in total. The molecule has 106 valence electrons. The first-order chi connectivity index (χ1) is 10.3. The summed E-state index contributed by atoms with van der Waals surface area (Å²) in [6, 6.07) is 15.9. The van der Waals surface area contributed by atoms with Crippen molar-refractivity contribution in [3.05, 3.63) is 66.1 Å². The summed E-state index contributed by atoms with van der Waals surface area (Å²) in [4.78, 5) is 4.55. The zero-order valence-corrected chi connectivity index (χ0v) is 11.6. The highest BCUT2D eigenvalue weighted by Crippen LogP contribution is 2.31. The summed E-state index contributed by atoms with van der Waals surface area (Å²) in [5, 5.41) is 3.92. The van der Waals surface area contributed by atoms with Crippen LogP contribution in [0.25, 0.3) is 10.9 Å². The minimum atomic E-state index is -0.381. The Hall–Kier alpha value is -2.46. The Kier molecular flexibility index (Phi) is 3.79. The van der Waals surface area contributed by atoms with Gasteiger partial charge < -0.3 is 10.1 Å². The second-order valence-corrected chi connectivity index (χ2v) is 4.69. The van der Waals surface area contributed by atoms with Crippen LogP contribution >= 0.6 is 0 Å². The number of nitrogens with zero attached hydrogens (tertiary/aromatic N) is 1. The van der Waals surface area contributed by atoms with Crippen LogP contribution in [0.15, 0.2) is 54.6 Å². The highest BCUT2D eigenvalue weighted by Gasteiger charge is 2.09. The van der Waals surface area contributed by atoms with Crippen molar-refractivity contribution in [3.63, 3.8) is 0 Å². The lowest BCUT2D eigenvalue weighted by atomic mass is 10.2. The second-order valence-electron chi connectivity index (χ2n) is 4.69. The summed E-state index contributed by atoms with van der Waals surface area (Å²) in [6.07, 6.45) is 0. The van der Waals surface area contributed by atoms with Crippen molar-refractivity contribution < 1.29 is 9.13 Å². The van der Waals surface area contributed by atoms with E-state index in [2.05, 4.69) is 10.3 Å². The molecule has 0 unspecified atom stereocenters. The molecule has 3 nitrogen and oxygen atoms in total. The lowest BCUT2D eigenvalue weighted by Gasteiger charge is -2.11. The average molecular weight is 282 g/mol. The van der Waals surface area contributed by atoms with Crippen LogP contribution in [-0.4, -0.2) is 12.0 Å². The monoisotopic (exact) mass is 282 g/mol. The first-order valence-electron chi connectivity index (χ1n) is 6.73. The molecule has 21 heavy (non-hydrogen) atoms. The number of nitrogens with one attached hydrogen (secondary N) is 1. The molecule has 0 aliphatic carbocycles. The summed E-state index contributed by atoms with van der Waals surface area (Å²) in [5.74, 6) is 0.439. The number of hydrogen-bond donors (Lipinski definition) is 1. The quantitative estimate of drug-likeness (QED) is 0.788. The first-order valence-corrected chi connectivity index (χ1v) is 6.73. The number of hydrogen-bond acceptors (Lipinski definition) is 3. The third-order valence-corrected chi connectivity index (χ3v) is 3.15. The van der Waals surface area contributed by atoms with Crippen molar-refractivity contribution in [2.75, 3.05) is 7.05 Å². The number of benzene rings is 2. The van der Waals surface area contributed by atoms with E-state index in [9.17, 15) is 4.39 Å². The highest BCUT2D eigenvalue weighted by molar-refractivity contribution is 5.85. The summed E-state index contributed by atoms with van der Waals surface area (Å²) in [6.45, 7) is 0.623. The maximum atomic E-state index is 13.8. The van der Waals surface area contributed by atoms with Crippen LogP contribution in [0.1, 0.15) is 5.69 Å². The van der Waals surface area contributed by atoms with Gasteiger partial charge in [0.2, 0.25) is 0 Å². The Morgan fingerprint density at radius 3 is 2.62 bits per heavy atom. The molecule has 2 aromatic carbocycles. The average Bonchev–Trinajstić information content (AvgIpc) is 2.50.